The van der Waals surface area contributed by atoms with Crippen LogP contribution in [0.2, 0.25) is 0 Å². The lowest BCUT2D eigenvalue weighted by molar-refractivity contribution is -0.212. The standard InChI is InChI=1S/C19H26N2O8/c1-17(2,3)29-16(24)20-8-19-9-25-15(28-19)12(21-10(22)6-7-11(21)23)13-14(19)27-18(4,5)26-13/h6-7,12-15H,8-9H2,1-5H3,(H,20,24)/t12-,13-,14-,15?,19?/m1/s1. The van der Waals surface area contributed by atoms with Crippen LogP contribution in [0.3, 0.4) is 0 Å². The van der Waals surface area contributed by atoms with Crippen molar-refractivity contribution in [3.8, 4) is 0 Å². The SMILES string of the molecule is CC(C)(C)OC(=O)NCC12COC(O1)[C@H](N1C(=O)C=CC1=O)[C@H]1OC(C)(C)O[C@H]12. The van der Waals surface area contributed by atoms with Crippen molar-refractivity contribution in [2.75, 3.05) is 13.2 Å². The Hall–Kier alpha value is -2.01. The van der Waals surface area contributed by atoms with Crippen LogP contribution >= 0.6 is 0 Å². The van der Waals surface area contributed by atoms with Crippen molar-refractivity contribution < 1.29 is 38.1 Å². The van der Waals surface area contributed by atoms with Crippen LogP contribution in [0.5, 0.6) is 0 Å². The van der Waals surface area contributed by atoms with Crippen molar-refractivity contribution >= 4 is 17.9 Å². The smallest absolute Gasteiger partial charge is 0.407 e. The van der Waals surface area contributed by atoms with Crippen LogP contribution in [0.25, 0.3) is 0 Å². The summed E-state index contributed by atoms with van der Waals surface area (Å²) in [6.07, 6.45) is -0.401. The van der Waals surface area contributed by atoms with Gasteiger partial charge in [0.15, 0.2) is 12.1 Å². The van der Waals surface area contributed by atoms with E-state index in [1.165, 1.54) is 12.2 Å². The first kappa shape index (κ1) is 20.3. The second-order valence-corrected chi connectivity index (χ2v) is 9.11. The minimum Gasteiger partial charge on any atom is -0.444 e. The number of nitrogens with zero attached hydrogens (tertiary/aromatic N) is 1. The van der Waals surface area contributed by atoms with Crippen LogP contribution in [0, 0.1) is 0 Å². The average molecular weight is 410 g/mol. The molecule has 4 heterocycles. The van der Waals surface area contributed by atoms with Gasteiger partial charge in [-0.25, -0.2) is 4.79 Å². The normalized spacial score (nSPS) is 37.8. The molecule has 0 aromatic carbocycles. The van der Waals surface area contributed by atoms with E-state index >= 15 is 0 Å². The number of ether oxygens (including phenoxy) is 5. The Kier molecular flexibility index (Phi) is 4.54. The van der Waals surface area contributed by atoms with Gasteiger partial charge in [-0.3, -0.25) is 14.5 Å². The highest BCUT2D eigenvalue weighted by atomic mass is 16.8. The summed E-state index contributed by atoms with van der Waals surface area (Å²) in [6, 6.07) is -0.797. The molecule has 4 aliphatic heterocycles. The van der Waals surface area contributed by atoms with Gasteiger partial charge in [-0.15, -0.1) is 0 Å². The van der Waals surface area contributed by atoms with Gasteiger partial charge >= 0.3 is 6.09 Å². The third-order valence-electron chi connectivity index (χ3n) is 5.18. The Balaban J connectivity index is 1.57. The van der Waals surface area contributed by atoms with Crippen molar-refractivity contribution in [1.29, 1.82) is 0 Å². The molecule has 160 valence electrons. The van der Waals surface area contributed by atoms with Crippen molar-refractivity contribution in [3.05, 3.63) is 12.2 Å². The lowest BCUT2D eigenvalue weighted by atomic mass is 9.87. The van der Waals surface area contributed by atoms with Gasteiger partial charge in [-0.05, 0) is 34.6 Å². The maximum absolute atomic E-state index is 12.3. The first-order chi connectivity index (χ1) is 13.4. The molecule has 10 heteroatoms. The number of hydrogen-bond acceptors (Lipinski definition) is 8. The number of amides is 3. The molecule has 0 aromatic rings. The van der Waals surface area contributed by atoms with Crippen LogP contribution in [0.1, 0.15) is 34.6 Å². The predicted octanol–water partition coefficient (Wildman–Crippen LogP) is 0.450. The van der Waals surface area contributed by atoms with Gasteiger partial charge in [0.2, 0.25) is 0 Å². The third-order valence-corrected chi connectivity index (χ3v) is 5.18. The zero-order valence-electron chi connectivity index (χ0n) is 17.1. The molecule has 0 spiro atoms. The van der Waals surface area contributed by atoms with Crippen LogP contribution in [0.15, 0.2) is 12.2 Å². The molecule has 4 aliphatic rings. The number of imide groups is 1. The number of hydrogen-bond donors (Lipinski definition) is 1. The maximum Gasteiger partial charge on any atom is 0.407 e. The van der Waals surface area contributed by atoms with E-state index in [2.05, 4.69) is 5.32 Å². The van der Waals surface area contributed by atoms with Crippen molar-refractivity contribution in [1.82, 2.24) is 10.2 Å². The first-order valence-corrected chi connectivity index (χ1v) is 9.58. The van der Waals surface area contributed by atoms with Gasteiger partial charge in [0.25, 0.3) is 11.8 Å². The number of nitrogens with one attached hydrogen (secondary N) is 1. The summed E-state index contributed by atoms with van der Waals surface area (Å²) in [5.41, 5.74) is -1.67. The zero-order chi connectivity index (χ0) is 21.2. The summed E-state index contributed by atoms with van der Waals surface area (Å²) in [5.74, 6) is -1.87. The van der Waals surface area contributed by atoms with E-state index in [-0.39, 0.29) is 13.2 Å². The first-order valence-electron chi connectivity index (χ1n) is 9.58. The topological polar surface area (TPSA) is 113 Å². The minimum atomic E-state index is -1.03. The summed E-state index contributed by atoms with van der Waals surface area (Å²) < 4.78 is 29.4. The van der Waals surface area contributed by atoms with Crippen LogP contribution < -0.4 is 5.32 Å². The van der Waals surface area contributed by atoms with Crippen LogP contribution in [-0.4, -0.2) is 77.5 Å². The van der Waals surface area contributed by atoms with E-state index in [4.69, 9.17) is 23.7 Å². The van der Waals surface area contributed by atoms with Crippen LogP contribution in [-0.2, 0) is 33.3 Å². The molecule has 4 rings (SSSR count). The Bertz CT molecular complexity index is 755. The number of carbonyl (C=O) groups excluding carboxylic acids is 3. The van der Waals surface area contributed by atoms with E-state index in [0.717, 1.165) is 4.90 Å². The van der Waals surface area contributed by atoms with Crippen LogP contribution in [0.4, 0.5) is 4.79 Å². The second kappa shape index (κ2) is 6.49. The molecule has 1 N–H and O–H groups in total. The highest BCUT2D eigenvalue weighted by Crippen LogP contribution is 2.47. The number of alkyl carbamates (subject to hydrolysis) is 1. The number of carbonyl (C=O) groups is 3. The minimum absolute atomic E-state index is 0.0614. The molecule has 3 saturated heterocycles. The van der Waals surface area contributed by atoms with E-state index in [9.17, 15) is 14.4 Å². The summed E-state index contributed by atoms with van der Waals surface area (Å²) >= 11 is 0. The van der Waals surface area contributed by atoms with Crippen molar-refractivity contribution in [2.24, 2.45) is 0 Å². The highest BCUT2D eigenvalue weighted by molar-refractivity contribution is 6.13. The quantitative estimate of drug-likeness (QED) is 0.668. The largest absolute Gasteiger partial charge is 0.444 e. The highest BCUT2D eigenvalue weighted by Gasteiger charge is 2.68. The Labute approximate surface area is 168 Å². The molecule has 10 nitrogen and oxygen atoms in total. The number of rotatable bonds is 3. The molecule has 2 bridgehead atoms. The van der Waals surface area contributed by atoms with Gasteiger partial charge in [-0.1, -0.05) is 0 Å². The van der Waals surface area contributed by atoms with Gasteiger partial charge in [0.05, 0.1) is 13.2 Å². The molecular weight excluding hydrogens is 384 g/mol. The molecule has 29 heavy (non-hydrogen) atoms. The molecule has 0 saturated carbocycles. The van der Waals surface area contributed by atoms with Gasteiger partial charge in [-0.2, -0.15) is 0 Å². The fourth-order valence-electron chi connectivity index (χ4n) is 4.14. The predicted molar refractivity (Wildman–Crippen MR) is 96.4 cm³/mol. The average Bonchev–Trinajstić information content (AvgIpc) is 3.22. The molecule has 0 radical (unpaired) electrons. The fraction of sp³-hybridized carbons (Fsp3) is 0.737. The molecular formula is C19H26N2O8. The van der Waals surface area contributed by atoms with E-state index < -0.39 is 59.4 Å². The van der Waals surface area contributed by atoms with Gasteiger partial charge in [0, 0.05) is 12.2 Å². The Morgan fingerprint density at radius 3 is 2.48 bits per heavy atom. The summed E-state index contributed by atoms with van der Waals surface area (Å²) in [7, 11) is 0. The third kappa shape index (κ3) is 3.54. The molecule has 3 fully saturated rings. The van der Waals surface area contributed by atoms with Crippen molar-refractivity contribution in [3.63, 3.8) is 0 Å². The van der Waals surface area contributed by atoms with E-state index in [1.807, 2.05) is 0 Å². The summed E-state index contributed by atoms with van der Waals surface area (Å²) in [4.78, 5) is 37.8. The van der Waals surface area contributed by atoms with E-state index in [0.29, 0.717) is 0 Å². The maximum atomic E-state index is 12.3. The number of fused-ring (bicyclic) bond motifs is 4. The Morgan fingerprint density at radius 1 is 1.21 bits per heavy atom. The van der Waals surface area contributed by atoms with Gasteiger partial charge < -0.3 is 29.0 Å². The lowest BCUT2D eigenvalue weighted by Gasteiger charge is -2.44. The lowest BCUT2D eigenvalue weighted by Crippen LogP contribution is -2.67. The second-order valence-electron chi connectivity index (χ2n) is 9.11. The molecule has 5 atom stereocenters. The van der Waals surface area contributed by atoms with Crippen molar-refractivity contribution in [2.45, 2.75) is 76.1 Å². The molecule has 0 aliphatic carbocycles. The van der Waals surface area contributed by atoms with E-state index in [1.54, 1.807) is 34.6 Å². The molecule has 3 amide bonds. The summed E-state index contributed by atoms with van der Waals surface area (Å²) in [5, 5.41) is 2.71. The zero-order valence-corrected chi connectivity index (χ0v) is 17.1. The molecule has 2 unspecified atom stereocenters. The fourth-order valence-corrected chi connectivity index (χ4v) is 4.14. The van der Waals surface area contributed by atoms with Gasteiger partial charge in [0.1, 0.15) is 29.5 Å². The Morgan fingerprint density at radius 2 is 1.86 bits per heavy atom. The monoisotopic (exact) mass is 410 g/mol. The summed E-state index contributed by atoms with van der Waals surface area (Å²) in [6.45, 7) is 8.97. The molecule has 0 aromatic heterocycles.